The molecule has 0 atom stereocenters. The van der Waals surface area contributed by atoms with Crippen LogP contribution >= 0.6 is 0 Å². The minimum absolute atomic E-state index is 0. The fourth-order valence-electron chi connectivity index (χ4n) is 3.52. The molecular formula is C37H50BN5O2W-. The van der Waals surface area contributed by atoms with E-state index >= 15 is 0 Å². The molecule has 0 aliphatic carbocycles. The molecule has 0 aliphatic heterocycles. The Morgan fingerprint density at radius 3 is 2.07 bits per heavy atom. The molecule has 2 amide bonds. The predicted molar refractivity (Wildman–Crippen MR) is 195 cm³/mol. The number of rotatable bonds is 9. The SMILES string of the molecule is CC.CC.CC.C[C](=[W])N=C(Cc1ccc(N(C)C(=O)c2cccc(NC(=O)C(C)=C(C)C)c2)cc1)N=[C-]Cc1cccnc1.[B]. The summed E-state index contributed by atoms with van der Waals surface area (Å²) in [5.41, 5.74) is 5.48. The summed E-state index contributed by atoms with van der Waals surface area (Å²) in [6.45, 7) is 19.5. The summed E-state index contributed by atoms with van der Waals surface area (Å²) in [5.74, 6) is 0.335. The first-order valence-corrected chi connectivity index (χ1v) is 16.9. The number of amidine groups is 1. The van der Waals surface area contributed by atoms with Crippen molar-refractivity contribution < 1.29 is 28.9 Å². The number of nitrogens with one attached hydrogen (secondary N) is 1. The zero-order valence-electron chi connectivity index (χ0n) is 29.4. The van der Waals surface area contributed by atoms with Crippen LogP contribution in [0.2, 0.25) is 0 Å². The van der Waals surface area contributed by atoms with Crippen molar-refractivity contribution in [2.24, 2.45) is 9.98 Å². The number of pyridine rings is 1. The van der Waals surface area contributed by atoms with Gasteiger partial charge in [-0.2, -0.15) is 0 Å². The third-order valence-corrected chi connectivity index (χ3v) is 6.28. The van der Waals surface area contributed by atoms with E-state index in [2.05, 4.69) is 26.5 Å². The molecule has 0 unspecified atom stereocenters. The fraction of sp³-hybridized carbons (Fsp3) is 0.351. The number of anilines is 2. The largest absolute Gasteiger partial charge is 0 e. The molecule has 1 N–H and O–H groups in total. The van der Waals surface area contributed by atoms with Crippen LogP contribution in [0, 0.1) is 0 Å². The normalized spacial score (nSPS) is 9.93. The van der Waals surface area contributed by atoms with E-state index in [-0.39, 0.29) is 20.2 Å². The number of carbonyl (C=O) groups is 2. The standard InChI is InChI=1S/C31H32N5O2.3C2H6.B.W/c1-6-33-29(34-18-16-25-9-8-17-32-21-25)19-24-12-14-28(15-13-24)36(5)31(38)26-10-7-11-27(20-26)35-30(37)23(4)22(2)3;3*1-2;;/h7-15,17,20-21H,16,19H2,1-5H3,(H,35,37);3*1-2H3;;/q-1;;;;;. The van der Waals surface area contributed by atoms with Crippen LogP contribution in [-0.4, -0.2) is 48.3 Å². The van der Waals surface area contributed by atoms with Crippen molar-refractivity contribution in [3.63, 3.8) is 0 Å². The van der Waals surface area contributed by atoms with Gasteiger partial charge in [0.2, 0.25) is 0 Å². The molecule has 0 bridgehead atoms. The Balaban J connectivity index is 0. The molecule has 46 heavy (non-hydrogen) atoms. The van der Waals surface area contributed by atoms with E-state index in [4.69, 9.17) is 0 Å². The number of benzene rings is 2. The molecule has 0 saturated carbocycles. The Morgan fingerprint density at radius 2 is 1.52 bits per heavy atom. The minimum atomic E-state index is -0.178. The van der Waals surface area contributed by atoms with E-state index in [0.717, 1.165) is 26.4 Å². The summed E-state index contributed by atoms with van der Waals surface area (Å²) in [6, 6.07) is 18.6. The number of amides is 2. The van der Waals surface area contributed by atoms with Gasteiger partial charge >= 0.3 is 176 Å². The molecular weight excluding hydrogens is 741 g/mol. The first-order chi connectivity index (χ1) is 21.6. The molecule has 0 saturated heterocycles. The molecule has 2 aromatic carbocycles. The zero-order chi connectivity index (χ0) is 34.4. The number of carbonyl (C=O) groups excluding carboxylic acids is 2. The molecule has 9 heteroatoms. The van der Waals surface area contributed by atoms with E-state index in [1.54, 1.807) is 55.5 Å². The smallest absolute Gasteiger partial charge is 0 e. The van der Waals surface area contributed by atoms with Crippen LogP contribution in [0.1, 0.15) is 90.7 Å². The molecule has 245 valence electrons. The summed E-state index contributed by atoms with van der Waals surface area (Å²) in [6.07, 6.45) is 7.74. The Bertz CT molecular complexity index is 1430. The van der Waals surface area contributed by atoms with Gasteiger partial charge in [-0.15, -0.1) is 0 Å². The molecule has 3 aromatic rings. The van der Waals surface area contributed by atoms with E-state index in [0.29, 0.717) is 35.5 Å². The Kier molecular flexibility index (Phi) is 24.5. The number of hydrogen-bond donors (Lipinski definition) is 1. The molecule has 1 aromatic heterocycles. The number of aromatic nitrogens is 1. The zero-order valence-corrected chi connectivity index (χ0v) is 32.4. The van der Waals surface area contributed by atoms with Gasteiger partial charge in [-0.1, -0.05) is 53.2 Å². The Labute approximate surface area is 290 Å². The van der Waals surface area contributed by atoms with Gasteiger partial charge in [-0.25, -0.2) is 0 Å². The first-order valence-electron chi connectivity index (χ1n) is 15.5. The van der Waals surface area contributed by atoms with Gasteiger partial charge in [-0.05, 0) is 26.8 Å². The quantitative estimate of drug-likeness (QED) is 0.0781. The van der Waals surface area contributed by atoms with Gasteiger partial charge < -0.3 is 5.32 Å². The van der Waals surface area contributed by atoms with Crippen LogP contribution < -0.4 is 10.2 Å². The Morgan fingerprint density at radius 1 is 0.891 bits per heavy atom. The van der Waals surface area contributed by atoms with Crippen molar-refractivity contribution >= 4 is 47.7 Å². The topological polar surface area (TPSA) is 87.0 Å². The summed E-state index contributed by atoms with van der Waals surface area (Å²) in [7, 11) is 1.73. The summed E-state index contributed by atoms with van der Waals surface area (Å²) in [5, 5.41) is 2.86. The summed E-state index contributed by atoms with van der Waals surface area (Å²) < 4.78 is 0.994. The van der Waals surface area contributed by atoms with Gasteiger partial charge in [0.1, 0.15) is 0 Å². The number of allylic oxidation sites excluding steroid dienone is 1. The summed E-state index contributed by atoms with van der Waals surface area (Å²) in [4.78, 5) is 40.4. The van der Waals surface area contributed by atoms with E-state index in [9.17, 15) is 9.59 Å². The molecule has 0 spiro atoms. The van der Waals surface area contributed by atoms with Gasteiger partial charge in [0.05, 0.1) is 0 Å². The van der Waals surface area contributed by atoms with Crippen LogP contribution in [0.25, 0.3) is 0 Å². The van der Waals surface area contributed by atoms with Crippen LogP contribution in [-0.2, 0) is 37.0 Å². The number of nitrogens with zero attached hydrogens (tertiary/aromatic N) is 4. The average Bonchev–Trinajstić information content (AvgIpc) is 3.07. The molecule has 7 nitrogen and oxygen atoms in total. The van der Waals surface area contributed by atoms with Crippen molar-refractivity contribution in [1.29, 1.82) is 0 Å². The average molecular weight is 791 g/mol. The van der Waals surface area contributed by atoms with Gasteiger partial charge in [-0.3, -0.25) is 4.79 Å². The monoisotopic (exact) mass is 791 g/mol. The van der Waals surface area contributed by atoms with Crippen molar-refractivity contribution in [2.75, 3.05) is 17.3 Å². The van der Waals surface area contributed by atoms with Crippen molar-refractivity contribution in [1.82, 2.24) is 4.98 Å². The van der Waals surface area contributed by atoms with Gasteiger partial charge in [0, 0.05) is 19.7 Å². The van der Waals surface area contributed by atoms with E-state index in [1.807, 2.05) is 98.7 Å². The molecule has 0 aliphatic rings. The van der Waals surface area contributed by atoms with Crippen LogP contribution in [0.4, 0.5) is 11.4 Å². The Hall–Kier alpha value is -3.77. The second-order valence-electron chi connectivity index (χ2n) is 9.22. The third kappa shape index (κ3) is 16.0. The van der Waals surface area contributed by atoms with Crippen molar-refractivity contribution in [3.05, 3.63) is 101 Å². The summed E-state index contributed by atoms with van der Waals surface area (Å²) >= 11 is 1.29. The third-order valence-electron chi connectivity index (χ3n) is 5.95. The maximum atomic E-state index is 13.2. The molecule has 3 radical (unpaired) electrons. The number of hydrogen-bond acceptors (Lipinski definition) is 4. The van der Waals surface area contributed by atoms with Crippen LogP contribution in [0.3, 0.4) is 0 Å². The first kappa shape index (κ1) is 44.4. The number of aliphatic imine (C=N–C) groups is 2. The maximum Gasteiger partial charge on any atom is 0 e. The van der Waals surface area contributed by atoms with E-state index in [1.165, 1.54) is 19.4 Å². The van der Waals surface area contributed by atoms with E-state index < -0.39 is 0 Å². The second-order valence-corrected chi connectivity index (χ2v) is 11.3. The predicted octanol–water partition coefficient (Wildman–Crippen LogP) is 8.18. The maximum absolute atomic E-state index is 13.2. The minimum Gasteiger partial charge on any atom is 0 e. The van der Waals surface area contributed by atoms with Crippen LogP contribution in [0.15, 0.2) is 94.2 Å². The van der Waals surface area contributed by atoms with Gasteiger partial charge in [0.15, 0.2) is 0 Å². The molecule has 0 fully saturated rings. The van der Waals surface area contributed by atoms with Crippen LogP contribution in [0.5, 0.6) is 0 Å². The van der Waals surface area contributed by atoms with Gasteiger partial charge in [0.25, 0.3) is 5.91 Å². The second kappa shape index (κ2) is 25.4. The fourth-order valence-corrected chi connectivity index (χ4v) is 3.90. The van der Waals surface area contributed by atoms with Crippen molar-refractivity contribution in [3.8, 4) is 0 Å². The molecule has 3 rings (SSSR count). The van der Waals surface area contributed by atoms with Crippen molar-refractivity contribution in [2.45, 2.75) is 82.1 Å². The molecule has 1 heterocycles.